The molecule has 1 N–H and O–H groups in total. The number of sulfonamides is 1. The van der Waals surface area contributed by atoms with Gasteiger partial charge in [-0.3, -0.25) is 0 Å². The second kappa shape index (κ2) is 10.5. The van der Waals surface area contributed by atoms with Gasteiger partial charge in [-0.1, -0.05) is 42.8 Å². The van der Waals surface area contributed by atoms with Gasteiger partial charge in [0.2, 0.25) is 0 Å². The van der Waals surface area contributed by atoms with Crippen LogP contribution in [0.5, 0.6) is 0 Å². The second-order valence-corrected chi connectivity index (χ2v) is 10.2. The van der Waals surface area contributed by atoms with Gasteiger partial charge in [0.05, 0.1) is 10.7 Å². The van der Waals surface area contributed by atoms with E-state index >= 15 is 0 Å². The van der Waals surface area contributed by atoms with Crippen LogP contribution in [0.1, 0.15) is 18.3 Å². The third kappa shape index (κ3) is 5.27. The van der Waals surface area contributed by atoms with Crippen molar-refractivity contribution in [1.82, 2.24) is 13.9 Å². The number of aryl methyl sites for hydroxylation is 1. The first-order valence-electron chi connectivity index (χ1n) is 11.1. The standard InChI is InChI=1S/C26H23ClFN3O4S/c1-2-25-29-23(19-9-11-20(28)12-10-19)17-30(25)21-13-7-18(8-14-21)15-16-31(26(32)33)36(34,35)24-6-4-3-5-22(24)27/h3-14,17H,2,15-16H2,1H3,(H,32,33). The Morgan fingerprint density at radius 1 is 1.06 bits per heavy atom. The zero-order valence-corrected chi connectivity index (χ0v) is 20.9. The molecule has 1 aromatic heterocycles. The molecule has 0 atom stereocenters. The molecular weight excluding hydrogens is 505 g/mol. The van der Waals surface area contributed by atoms with E-state index in [1.54, 1.807) is 18.2 Å². The van der Waals surface area contributed by atoms with Crippen LogP contribution < -0.4 is 0 Å². The summed E-state index contributed by atoms with van der Waals surface area (Å²) < 4.78 is 41.4. The molecule has 3 aromatic carbocycles. The summed E-state index contributed by atoms with van der Waals surface area (Å²) in [5, 5.41) is 9.53. The van der Waals surface area contributed by atoms with Crippen LogP contribution in [0.3, 0.4) is 0 Å². The smallest absolute Gasteiger partial charge is 0.421 e. The molecule has 7 nitrogen and oxygen atoms in total. The van der Waals surface area contributed by atoms with Crippen molar-refractivity contribution in [3.8, 4) is 16.9 Å². The molecule has 0 saturated carbocycles. The Labute approximate surface area is 213 Å². The Balaban J connectivity index is 1.53. The summed E-state index contributed by atoms with van der Waals surface area (Å²) in [6.45, 7) is 1.73. The highest BCUT2D eigenvalue weighted by molar-refractivity contribution is 7.89. The number of rotatable bonds is 8. The van der Waals surface area contributed by atoms with E-state index in [9.17, 15) is 22.7 Å². The average molecular weight is 528 g/mol. The SMILES string of the molecule is CCc1nc(-c2ccc(F)cc2)cn1-c1ccc(CCN(C(=O)O)S(=O)(=O)c2ccccc2Cl)cc1. The molecule has 0 aliphatic rings. The number of aromatic nitrogens is 2. The number of hydrogen-bond donors (Lipinski definition) is 1. The van der Waals surface area contributed by atoms with Gasteiger partial charge in [-0.05, 0) is 60.5 Å². The van der Waals surface area contributed by atoms with E-state index in [4.69, 9.17) is 11.6 Å². The first-order chi connectivity index (χ1) is 17.2. The maximum atomic E-state index is 13.3. The number of carboxylic acid groups (broad SMARTS) is 1. The molecule has 0 radical (unpaired) electrons. The number of hydrogen-bond acceptors (Lipinski definition) is 4. The molecular formula is C26H23ClFN3O4S. The van der Waals surface area contributed by atoms with Crippen LogP contribution in [0, 0.1) is 5.82 Å². The van der Waals surface area contributed by atoms with Crippen LogP contribution in [-0.4, -0.2) is 40.0 Å². The number of halogens is 2. The minimum Gasteiger partial charge on any atom is -0.464 e. The molecule has 0 aliphatic carbocycles. The molecule has 4 aromatic rings. The minimum atomic E-state index is -4.32. The van der Waals surface area contributed by atoms with Crippen molar-refractivity contribution in [3.63, 3.8) is 0 Å². The lowest BCUT2D eigenvalue weighted by atomic mass is 10.1. The maximum absolute atomic E-state index is 13.3. The van der Waals surface area contributed by atoms with Crippen LogP contribution in [0.2, 0.25) is 5.02 Å². The highest BCUT2D eigenvalue weighted by Crippen LogP contribution is 2.25. The summed E-state index contributed by atoms with van der Waals surface area (Å²) in [5.41, 5.74) is 3.12. The lowest BCUT2D eigenvalue weighted by Crippen LogP contribution is -2.37. The number of carbonyl (C=O) groups is 1. The second-order valence-electron chi connectivity index (χ2n) is 7.98. The van der Waals surface area contributed by atoms with Crippen molar-refractivity contribution in [3.05, 3.63) is 101 Å². The van der Waals surface area contributed by atoms with Crippen LogP contribution >= 0.6 is 11.6 Å². The quantitative estimate of drug-likeness (QED) is 0.312. The molecule has 1 amide bonds. The monoisotopic (exact) mass is 527 g/mol. The molecule has 186 valence electrons. The number of amides is 1. The zero-order chi connectivity index (χ0) is 25.9. The van der Waals surface area contributed by atoms with Crippen LogP contribution in [0.25, 0.3) is 16.9 Å². The van der Waals surface area contributed by atoms with Gasteiger partial charge in [-0.15, -0.1) is 0 Å². The van der Waals surface area contributed by atoms with E-state index in [0.717, 1.165) is 28.3 Å². The van der Waals surface area contributed by atoms with Crippen molar-refractivity contribution in [2.75, 3.05) is 6.54 Å². The number of nitrogens with zero attached hydrogens (tertiary/aromatic N) is 3. The summed E-state index contributed by atoms with van der Waals surface area (Å²) in [6.07, 6.45) is 1.16. The van der Waals surface area contributed by atoms with Crippen LogP contribution in [0.15, 0.2) is 83.9 Å². The Kier molecular flexibility index (Phi) is 7.42. The summed E-state index contributed by atoms with van der Waals surface area (Å²) in [7, 11) is -4.32. The van der Waals surface area contributed by atoms with E-state index < -0.39 is 16.1 Å². The molecule has 0 aliphatic heterocycles. The van der Waals surface area contributed by atoms with E-state index in [1.807, 2.05) is 42.0 Å². The first kappa shape index (κ1) is 25.4. The Hall–Kier alpha value is -3.69. The molecule has 0 fully saturated rings. The molecule has 10 heteroatoms. The van der Waals surface area contributed by atoms with Crippen molar-refractivity contribution in [2.45, 2.75) is 24.7 Å². The predicted molar refractivity (Wildman–Crippen MR) is 135 cm³/mol. The van der Waals surface area contributed by atoms with Gasteiger partial charge in [-0.2, -0.15) is 0 Å². The Morgan fingerprint density at radius 3 is 2.33 bits per heavy atom. The van der Waals surface area contributed by atoms with E-state index in [2.05, 4.69) is 4.98 Å². The summed E-state index contributed by atoms with van der Waals surface area (Å²) >= 11 is 6.00. The molecule has 4 rings (SSSR count). The van der Waals surface area contributed by atoms with Gasteiger partial charge in [-0.25, -0.2) is 26.9 Å². The van der Waals surface area contributed by atoms with Gasteiger partial charge in [0.1, 0.15) is 16.5 Å². The van der Waals surface area contributed by atoms with E-state index in [0.29, 0.717) is 10.7 Å². The summed E-state index contributed by atoms with van der Waals surface area (Å²) in [6, 6.07) is 19.2. The van der Waals surface area contributed by atoms with Gasteiger partial charge >= 0.3 is 6.09 Å². The molecule has 0 saturated heterocycles. The predicted octanol–water partition coefficient (Wildman–Crippen LogP) is 5.81. The summed E-state index contributed by atoms with van der Waals surface area (Å²) in [5.74, 6) is 0.510. The fourth-order valence-electron chi connectivity index (χ4n) is 3.80. The fourth-order valence-corrected chi connectivity index (χ4v) is 5.56. The third-order valence-corrected chi connectivity index (χ3v) is 7.94. The van der Waals surface area contributed by atoms with Gasteiger partial charge in [0, 0.05) is 30.4 Å². The molecule has 0 unspecified atom stereocenters. The molecule has 1 heterocycles. The van der Waals surface area contributed by atoms with Crippen molar-refractivity contribution < 1.29 is 22.7 Å². The molecule has 0 bridgehead atoms. The topological polar surface area (TPSA) is 92.5 Å². The normalized spacial score (nSPS) is 11.4. The van der Waals surface area contributed by atoms with Gasteiger partial charge in [0.15, 0.2) is 0 Å². The number of benzene rings is 3. The maximum Gasteiger partial charge on any atom is 0.421 e. The van der Waals surface area contributed by atoms with E-state index in [1.165, 1.54) is 30.3 Å². The van der Waals surface area contributed by atoms with Gasteiger partial charge in [0.25, 0.3) is 10.0 Å². The van der Waals surface area contributed by atoms with Crippen molar-refractivity contribution in [1.29, 1.82) is 0 Å². The minimum absolute atomic E-state index is 0.0415. The molecule has 36 heavy (non-hydrogen) atoms. The van der Waals surface area contributed by atoms with Gasteiger partial charge < -0.3 is 9.67 Å². The lowest BCUT2D eigenvalue weighted by molar-refractivity contribution is 0.172. The fraction of sp³-hybridized carbons (Fsp3) is 0.154. The highest BCUT2D eigenvalue weighted by Gasteiger charge is 2.30. The average Bonchev–Trinajstić information content (AvgIpc) is 3.29. The Morgan fingerprint density at radius 2 is 1.72 bits per heavy atom. The highest BCUT2D eigenvalue weighted by atomic mass is 35.5. The first-order valence-corrected chi connectivity index (χ1v) is 13.0. The van der Waals surface area contributed by atoms with Crippen molar-refractivity contribution >= 4 is 27.7 Å². The largest absolute Gasteiger partial charge is 0.464 e. The Bertz CT molecular complexity index is 1490. The zero-order valence-electron chi connectivity index (χ0n) is 19.3. The number of imidazole rings is 1. The van der Waals surface area contributed by atoms with Crippen LogP contribution in [0.4, 0.5) is 9.18 Å². The van der Waals surface area contributed by atoms with E-state index in [-0.39, 0.29) is 28.7 Å². The van der Waals surface area contributed by atoms with Crippen molar-refractivity contribution in [2.24, 2.45) is 0 Å². The lowest BCUT2D eigenvalue weighted by Gasteiger charge is -2.20. The molecule has 0 spiro atoms. The van der Waals surface area contributed by atoms with Crippen LogP contribution in [-0.2, 0) is 22.9 Å². The summed E-state index contributed by atoms with van der Waals surface area (Å²) in [4.78, 5) is 16.2. The third-order valence-electron chi connectivity index (χ3n) is 5.67.